The largest absolute Gasteiger partial charge is 0.443 e. The Morgan fingerprint density at radius 3 is 2.07 bits per heavy atom. The molecule has 15 heteroatoms. The Balaban J connectivity index is 1.88. The van der Waals surface area contributed by atoms with Gasteiger partial charge in [0.1, 0.15) is 44.4 Å². The second kappa shape index (κ2) is 16.0. The van der Waals surface area contributed by atoms with Gasteiger partial charge in [-0.15, -0.1) is 0 Å². The van der Waals surface area contributed by atoms with Crippen molar-refractivity contribution in [1.82, 2.24) is 10.4 Å². The summed E-state index contributed by atoms with van der Waals surface area (Å²) in [5.41, 5.74) is 3.72. The minimum Gasteiger partial charge on any atom is -0.443 e. The van der Waals surface area contributed by atoms with Crippen LogP contribution in [0.15, 0.2) is 60.7 Å². The van der Waals surface area contributed by atoms with E-state index in [1.165, 1.54) is 7.11 Å². The summed E-state index contributed by atoms with van der Waals surface area (Å²) in [5.74, 6) is -1.28. The highest BCUT2D eigenvalue weighted by Crippen LogP contribution is 2.34. The van der Waals surface area contributed by atoms with Crippen LogP contribution in [0, 0.1) is 0 Å². The van der Waals surface area contributed by atoms with Crippen molar-refractivity contribution < 1.29 is 55.7 Å². The van der Waals surface area contributed by atoms with E-state index >= 15 is 0 Å². The van der Waals surface area contributed by atoms with Gasteiger partial charge in [-0.05, 0) is 25.0 Å². The van der Waals surface area contributed by atoms with E-state index in [1.807, 2.05) is 6.07 Å². The topological polar surface area (TPSA) is 168 Å². The molecule has 14 nitrogen and oxygen atoms in total. The highest BCUT2D eigenvalue weighted by atomic mass is 32.2. The fourth-order valence-corrected chi connectivity index (χ4v) is 4.61. The number of hydrazine groups is 1. The Morgan fingerprint density at radius 2 is 1.53 bits per heavy atom. The predicted molar refractivity (Wildman–Crippen MR) is 150 cm³/mol. The van der Waals surface area contributed by atoms with Gasteiger partial charge in [-0.2, -0.15) is 8.42 Å². The van der Waals surface area contributed by atoms with Crippen LogP contribution in [0.25, 0.3) is 0 Å². The summed E-state index contributed by atoms with van der Waals surface area (Å²) in [5, 5.41) is 11.3. The van der Waals surface area contributed by atoms with Gasteiger partial charge in [0.15, 0.2) is 5.79 Å². The smallest absolute Gasteiger partial charge is 0.429 e. The molecule has 3 rings (SSSR count). The van der Waals surface area contributed by atoms with Crippen molar-refractivity contribution in [2.75, 3.05) is 33.4 Å². The van der Waals surface area contributed by atoms with Crippen molar-refractivity contribution in [3.05, 3.63) is 71.8 Å². The number of carbonyl (C=O) groups excluding carboxylic acids is 2. The van der Waals surface area contributed by atoms with Crippen LogP contribution in [0.5, 0.6) is 0 Å². The Hall–Kier alpha value is -3.31. The lowest BCUT2D eigenvalue weighted by molar-refractivity contribution is -0.174. The SMILES string of the molecule is COCO[C@H](COS(C)(=O)=O)[C@H]1OC(C)(C)O[C@H]1[C@H](CO)N(NC(=O)OCc1ccccc1)C(=O)OCc1ccccc1. The van der Waals surface area contributed by atoms with Gasteiger partial charge in [-0.3, -0.25) is 4.18 Å². The van der Waals surface area contributed by atoms with Crippen LogP contribution in [0.4, 0.5) is 9.59 Å². The minimum absolute atomic E-state index is 0.0994. The van der Waals surface area contributed by atoms with Crippen molar-refractivity contribution in [3.8, 4) is 0 Å². The molecule has 1 fully saturated rings. The molecule has 0 bridgehead atoms. The Labute approximate surface area is 250 Å². The molecule has 1 heterocycles. The average Bonchev–Trinajstić information content (AvgIpc) is 3.29. The molecular formula is C28H38N2O12S. The molecule has 0 spiro atoms. The first-order valence-electron chi connectivity index (χ1n) is 13.3. The summed E-state index contributed by atoms with van der Waals surface area (Å²) in [6, 6.07) is 16.4. The van der Waals surface area contributed by atoms with E-state index in [4.69, 9.17) is 32.6 Å². The first kappa shape index (κ1) is 34.2. The van der Waals surface area contributed by atoms with Crippen LogP contribution in [-0.4, -0.2) is 94.2 Å². The third-order valence-electron chi connectivity index (χ3n) is 6.10. The number of aliphatic hydroxyl groups excluding tert-OH is 1. The number of aliphatic hydroxyl groups is 1. The fourth-order valence-electron chi connectivity index (χ4n) is 4.23. The van der Waals surface area contributed by atoms with Crippen LogP contribution >= 0.6 is 0 Å². The fraction of sp³-hybridized carbons (Fsp3) is 0.500. The molecule has 0 radical (unpaired) electrons. The van der Waals surface area contributed by atoms with Gasteiger partial charge < -0.3 is 33.5 Å². The molecule has 43 heavy (non-hydrogen) atoms. The number of nitrogens with one attached hydrogen (secondary N) is 1. The van der Waals surface area contributed by atoms with Gasteiger partial charge in [-0.1, -0.05) is 60.7 Å². The molecule has 1 saturated heterocycles. The molecule has 0 saturated carbocycles. The molecule has 2 aromatic rings. The van der Waals surface area contributed by atoms with Gasteiger partial charge in [0.2, 0.25) is 0 Å². The Kier molecular flexibility index (Phi) is 12.7. The third-order valence-corrected chi connectivity index (χ3v) is 6.66. The quantitative estimate of drug-likeness (QED) is 0.179. The van der Waals surface area contributed by atoms with Gasteiger partial charge in [0.25, 0.3) is 10.1 Å². The van der Waals surface area contributed by atoms with Gasteiger partial charge >= 0.3 is 12.2 Å². The Morgan fingerprint density at radius 1 is 0.977 bits per heavy atom. The highest BCUT2D eigenvalue weighted by Gasteiger charge is 2.52. The highest BCUT2D eigenvalue weighted by molar-refractivity contribution is 7.85. The summed E-state index contributed by atoms with van der Waals surface area (Å²) in [6.45, 7) is 1.42. The molecule has 1 aliphatic rings. The standard InChI is InChI=1S/C28H38N2O12S/c1-28(2)41-24(25(42-28)23(39-19-36-3)18-40-43(4,34)35)22(15-31)30(27(33)38-17-21-13-9-6-10-14-21)29-26(32)37-16-20-11-7-5-8-12-20/h5-14,22-25,31H,15-19H2,1-4H3,(H,29,32)/t22-,23+,24-,25+/m0/s1. The minimum atomic E-state index is -3.88. The van der Waals surface area contributed by atoms with E-state index in [1.54, 1.807) is 68.4 Å². The summed E-state index contributed by atoms with van der Waals surface area (Å²) in [4.78, 5) is 26.3. The van der Waals surface area contributed by atoms with E-state index in [2.05, 4.69) is 5.43 Å². The molecule has 2 N–H and O–H groups in total. The first-order valence-corrected chi connectivity index (χ1v) is 15.1. The third kappa shape index (κ3) is 11.0. The number of hydrogen-bond acceptors (Lipinski definition) is 12. The zero-order chi connectivity index (χ0) is 31.5. The molecule has 0 aliphatic carbocycles. The number of carbonyl (C=O) groups is 2. The first-order chi connectivity index (χ1) is 20.4. The number of nitrogens with zero attached hydrogens (tertiary/aromatic N) is 1. The van der Waals surface area contributed by atoms with E-state index in [-0.39, 0.29) is 20.0 Å². The lowest BCUT2D eigenvalue weighted by Crippen LogP contribution is -2.61. The number of amides is 2. The van der Waals surface area contributed by atoms with E-state index in [9.17, 15) is 23.1 Å². The number of ether oxygens (including phenoxy) is 6. The predicted octanol–water partition coefficient (Wildman–Crippen LogP) is 2.31. The summed E-state index contributed by atoms with van der Waals surface area (Å²) < 4.78 is 61.9. The van der Waals surface area contributed by atoms with E-state index in [0.29, 0.717) is 11.1 Å². The summed E-state index contributed by atoms with van der Waals surface area (Å²) in [6.07, 6.45) is -4.59. The number of benzene rings is 2. The monoisotopic (exact) mass is 626 g/mol. The molecule has 0 aromatic heterocycles. The zero-order valence-electron chi connectivity index (χ0n) is 24.4. The molecule has 2 aromatic carbocycles. The van der Waals surface area contributed by atoms with E-state index < -0.39 is 65.7 Å². The number of methoxy groups -OCH3 is 1. The zero-order valence-corrected chi connectivity index (χ0v) is 25.2. The molecule has 238 valence electrons. The molecule has 4 atom stereocenters. The second-order valence-corrected chi connectivity index (χ2v) is 11.6. The van der Waals surface area contributed by atoms with Gasteiger partial charge in [0.05, 0.1) is 19.5 Å². The van der Waals surface area contributed by atoms with Crippen molar-refractivity contribution in [3.63, 3.8) is 0 Å². The Bertz CT molecular complexity index is 1260. The maximum Gasteiger partial charge on any atom is 0.429 e. The van der Waals surface area contributed by atoms with Crippen molar-refractivity contribution in [1.29, 1.82) is 0 Å². The van der Waals surface area contributed by atoms with E-state index in [0.717, 1.165) is 11.3 Å². The lowest BCUT2D eigenvalue weighted by atomic mass is 10.0. The van der Waals surface area contributed by atoms with Crippen LogP contribution in [-0.2, 0) is 55.9 Å². The average molecular weight is 627 g/mol. The van der Waals surface area contributed by atoms with Crippen molar-refractivity contribution >= 4 is 22.3 Å². The molecule has 1 aliphatic heterocycles. The van der Waals surface area contributed by atoms with Crippen molar-refractivity contribution in [2.45, 2.75) is 57.2 Å². The molecule has 0 unspecified atom stereocenters. The number of hydrogen-bond donors (Lipinski definition) is 2. The summed E-state index contributed by atoms with van der Waals surface area (Å²) >= 11 is 0. The number of rotatable bonds is 14. The van der Waals surface area contributed by atoms with Crippen molar-refractivity contribution in [2.24, 2.45) is 0 Å². The molecule has 2 amide bonds. The lowest BCUT2D eigenvalue weighted by Gasteiger charge is -2.35. The van der Waals surface area contributed by atoms with Crippen LogP contribution < -0.4 is 5.43 Å². The molecular weight excluding hydrogens is 588 g/mol. The maximum atomic E-state index is 13.4. The van der Waals surface area contributed by atoms with Gasteiger partial charge in [0, 0.05) is 7.11 Å². The van der Waals surface area contributed by atoms with Gasteiger partial charge in [-0.25, -0.2) is 20.0 Å². The maximum absolute atomic E-state index is 13.4. The van der Waals surface area contributed by atoms with Crippen LogP contribution in [0.1, 0.15) is 25.0 Å². The summed E-state index contributed by atoms with van der Waals surface area (Å²) in [7, 11) is -2.51. The second-order valence-electron chi connectivity index (χ2n) is 10.00. The normalized spacial score (nSPS) is 19.3. The van der Waals surface area contributed by atoms with Crippen LogP contribution in [0.3, 0.4) is 0 Å². The van der Waals surface area contributed by atoms with Crippen LogP contribution in [0.2, 0.25) is 0 Å².